The first-order chi connectivity index (χ1) is 11.5. The summed E-state index contributed by atoms with van der Waals surface area (Å²) >= 11 is 0. The predicted molar refractivity (Wildman–Crippen MR) is 83.7 cm³/mol. The molecule has 0 spiro atoms. The topological polar surface area (TPSA) is 46.5 Å². The summed E-state index contributed by atoms with van der Waals surface area (Å²) in [4.78, 5) is 7.22. The molecule has 0 bridgehead atoms. The van der Waals surface area contributed by atoms with E-state index in [-0.39, 0.29) is 5.69 Å². The van der Waals surface area contributed by atoms with E-state index < -0.39 is 11.7 Å². The van der Waals surface area contributed by atoms with Crippen molar-refractivity contribution in [2.75, 3.05) is 0 Å². The average molecular weight is 328 g/mol. The maximum absolute atomic E-state index is 13.2. The van der Waals surface area contributed by atoms with Gasteiger partial charge in [0.15, 0.2) is 0 Å². The molecule has 1 aromatic carbocycles. The molecule has 0 aliphatic rings. The quantitative estimate of drug-likeness (QED) is 0.591. The molecule has 0 radical (unpaired) electrons. The van der Waals surface area contributed by atoms with Gasteiger partial charge in [0.05, 0.1) is 17.4 Å². The Kier molecular flexibility index (Phi) is 3.16. The van der Waals surface area contributed by atoms with Gasteiger partial charge >= 0.3 is 6.18 Å². The van der Waals surface area contributed by atoms with Crippen LogP contribution in [0.15, 0.2) is 61.2 Å². The molecule has 3 heterocycles. The number of halogens is 3. The number of rotatable bonds is 2. The third kappa shape index (κ3) is 2.34. The van der Waals surface area contributed by atoms with Crippen LogP contribution < -0.4 is 0 Å². The molecular weight excluding hydrogens is 317 g/mol. The van der Waals surface area contributed by atoms with Gasteiger partial charge in [0.25, 0.3) is 0 Å². The Morgan fingerprint density at radius 3 is 2.71 bits per heavy atom. The number of para-hydroxylation sites is 1. The van der Waals surface area contributed by atoms with E-state index in [4.69, 9.17) is 0 Å². The van der Waals surface area contributed by atoms with Crippen molar-refractivity contribution in [1.82, 2.24) is 19.7 Å². The van der Waals surface area contributed by atoms with Crippen molar-refractivity contribution < 1.29 is 13.2 Å². The van der Waals surface area contributed by atoms with Crippen molar-refractivity contribution in [2.45, 2.75) is 6.18 Å². The minimum Gasteiger partial charge on any atom is -0.346 e. The number of nitrogens with zero attached hydrogens (tertiary/aromatic N) is 3. The van der Waals surface area contributed by atoms with Gasteiger partial charge in [-0.05, 0) is 29.8 Å². The summed E-state index contributed by atoms with van der Waals surface area (Å²) in [5, 5.41) is 5.00. The summed E-state index contributed by atoms with van der Waals surface area (Å²) in [6.07, 6.45) is 2.12. The first-order valence-electron chi connectivity index (χ1n) is 7.18. The van der Waals surface area contributed by atoms with E-state index in [1.54, 1.807) is 30.9 Å². The zero-order valence-electron chi connectivity index (χ0n) is 12.2. The van der Waals surface area contributed by atoms with E-state index in [2.05, 4.69) is 15.1 Å². The largest absolute Gasteiger partial charge is 0.418 e. The van der Waals surface area contributed by atoms with Crippen molar-refractivity contribution in [3.05, 3.63) is 66.7 Å². The molecular formula is C17H11F3N4. The Labute approximate surface area is 134 Å². The van der Waals surface area contributed by atoms with Crippen LogP contribution in [0.1, 0.15) is 5.56 Å². The lowest BCUT2D eigenvalue weighted by molar-refractivity contribution is -0.137. The van der Waals surface area contributed by atoms with Crippen LogP contribution in [0.25, 0.3) is 27.8 Å². The number of H-pyrrole nitrogens is 1. The molecule has 7 heteroatoms. The lowest BCUT2D eigenvalue weighted by Crippen LogP contribution is -2.10. The molecule has 0 amide bonds. The maximum Gasteiger partial charge on any atom is 0.418 e. The normalized spacial score (nSPS) is 12.0. The van der Waals surface area contributed by atoms with Gasteiger partial charge in [-0.15, -0.1) is 0 Å². The molecule has 0 aliphatic heterocycles. The van der Waals surface area contributed by atoms with Crippen LogP contribution in [0.3, 0.4) is 0 Å². The smallest absolute Gasteiger partial charge is 0.346 e. The van der Waals surface area contributed by atoms with Gasteiger partial charge in [-0.25, -0.2) is 9.67 Å². The van der Waals surface area contributed by atoms with Crippen molar-refractivity contribution in [3.8, 4) is 16.8 Å². The first-order valence-corrected chi connectivity index (χ1v) is 7.18. The second-order valence-corrected chi connectivity index (χ2v) is 5.29. The number of aromatic amines is 1. The zero-order valence-corrected chi connectivity index (χ0v) is 12.2. The van der Waals surface area contributed by atoms with Gasteiger partial charge in [0.2, 0.25) is 0 Å². The number of hydrogen-bond donors (Lipinski definition) is 1. The van der Waals surface area contributed by atoms with Crippen molar-refractivity contribution in [3.63, 3.8) is 0 Å². The van der Waals surface area contributed by atoms with Crippen molar-refractivity contribution >= 4 is 11.0 Å². The highest BCUT2D eigenvalue weighted by atomic mass is 19.4. The highest BCUT2D eigenvalue weighted by Gasteiger charge is 2.33. The maximum atomic E-state index is 13.2. The van der Waals surface area contributed by atoms with E-state index in [0.717, 1.165) is 28.2 Å². The van der Waals surface area contributed by atoms with Gasteiger partial charge in [0, 0.05) is 29.5 Å². The van der Waals surface area contributed by atoms with E-state index in [1.807, 2.05) is 12.1 Å². The van der Waals surface area contributed by atoms with E-state index in [1.165, 1.54) is 16.8 Å². The molecule has 0 atom stereocenters. The monoisotopic (exact) mass is 328 g/mol. The van der Waals surface area contributed by atoms with Gasteiger partial charge in [0.1, 0.15) is 5.65 Å². The predicted octanol–water partition coefficient (Wildman–Crippen LogP) is 4.43. The summed E-state index contributed by atoms with van der Waals surface area (Å²) in [6, 6.07) is 9.06. The summed E-state index contributed by atoms with van der Waals surface area (Å²) in [5.41, 5.74) is 1.57. The Hall–Kier alpha value is -3.09. The Balaban J connectivity index is 1.84. The number of pyridine rings is 1. The third-order valence-corrected chi connectivity index (χ3v) is 3.81. The molecule has 4 aromatic rings. The SMILES string of the molecule is FC(F)(F)c1ccccc1-n1cc(-c2ccnc3[nH]ccc23)cn1. The Bertz CT molecular complexity index is 1010. The second kappa shape index (κ2) is 5.23. The lowest BCUT2D eigenvalue weighted by Gasteiger charge is -2.12. The molecule has 0 aliphatic carbocycles. The molecule has 4 rings (SSSR count). The number of hydrogen-bond acceptors (Lipinski definition) is 2. The fourth-order valence-corrected chi connectivity index (χ4v) is 2.72. The first kappa shape index (κ1) is 14.5. The number of alkyl halides is 3. The van der Waals surface area contributed by atoms with E-state index >= 15 is 0 Å². The summed E-state index contributed by atoms with van der Waals surface area (Å²) in [5.74, 6) is 0. The highest BCUT2D eigenvalue weighted by Crippen LogP contribution is 2.34. The van der Waals surface area contributed by atoms with Crippen LogP contribution in [0.2, 0.25) is 0 Å². The summed E-state index contributed by atoms with van der Waals surface area (Å²) in [7, 11) is 0. The third-order valence-electron chi connectivity index (χ3n) is 3.81. The highest BCUT2D eigenvalue weighted by molar-refractivity contribution is 5.92. The summed E-state index contributed by atoms with van der Waals surface area (Å²) in [6.45, 7) is 0. The molecule has 0 fully saturated rings. The molecule has 4 nitrogen and oxygen atoms in total. The Morgan fingerprint density at radius 2 is 1.88 bits per heavy atom. The molecule has 1 N–H and O–H groups in total. The second-order valence-electron chi connectivity index (χ2n) is 5.29. The number of fused-ring (bicyclic) bond motifs is 1. The van der Waals surface area contributed by atoms with Crippen LogP contribution in [-0.2, 0) is 6.18 Å². The number of nitrogens with one attached hydrogen (secondary N) is 1. The van der Waals surface area contributed by atoms with Crippen molar-refractivity contribution in [2.24, 2.45) is 0 Å². The fourth-order valence-electron chi connectivity index (χ4n) is 2.72. The van der Waals surface area contributed by atoms with Crippen LogP contribution >= 0.6 is 0 Å². The van der Waals surface area contributed by atoms with Gasteiger partial charge in [-0.1, -0.05) is 12.1 Å². The van der Waals surface area contributed by atoms with Crippen molar-refractivity contribution in [1.29, 1.82) is 0 Å². The molecule has 120 valence electrons. The lowest BCUT2D eigenvalue weighted by atomic mass is 10.1. The standard InChI is InChI=1S/C17H11F3N4/c18-17(19,20)14-3-1-2-4-15(14)24-10-11(9-23-24)12-5-7-21-16-13(12)6-8-22-16/h1-10H,(H,21,22). The van der Waals surface area contributed by atoms with Gasteiger partial charge in [-0.2, -0.15) is 18.3 Å². The van der Waals surface area contributed by atoms with Crippen LogP contribution in [-0.4, -0.2) is 19.7 Å². The Morgan fingerprint density at radius 1 is 1.04 bits per heavy atom. The molecule has 0 saturated heterocycles. The minimum absolute atomic E-state index is 0.00406. The number of aromatic nitrogens is 4. The molecule has 0 unspecified atom stereocenters. The van der Waals surface area contributed by atoms with Crippen LogP contribution in [0.5, 0.6) is 0 Å². The zero-order chi connectivity index (χ0) is 16.7. The fraction of sp³-hybridized carbons (Fsp3) is 0.0588. The summed E-state index contributed by atoms with van der Waals surface area (Å²) < 4.78 is 40.8. The molecule has 3 aromatic heterocycles. The number of benzene rings is 1. The van der Waals surface area contributed by atoms with Gasteiger partial charge in [-0.3, -0.25) is 0 Å². The van der Waals surface area contributed by atoms with E-state index in [0.29, 0.717) is 0 Å². The molecule has 0 saturated carbocycles. The minimum atomic E-state index is -4.44. The van der Waals surface area contributed by atoms with Crippen LogP contribution in [0.4, 0.5) is 13.2 Å². The van der Waals surface area contributed by atoms with Crippen LogP contribution in [0, 0.1) is 0 Å². The average Bonchev–Trinajstić information content (AvgIpc) is 3.23. The van der Waals surface area contributed by atoms with Gasteiger partial charge < -0.3 is 4.98 Å². The van der Waals surface area contributed by atoms with E-state index in [9.17, 15) is 13.2 Å². The molecule has 24 heavy (non-hydrogen) atoms.